The van der Waals surface area contributed by atoms with Crippen molar-refractivity contribution < 1.29 is 14.4 Å². The van der Waals surface area contributed by atoms with Crippen molar-refractivity contribution in [2.75, 3.05) is 34.3 Å². The molecular formula is C13H21ClNO2+. The van der Waals surface area contributed by atoms with Crippen LogP contribution in [0.1, 0.15) is 15.9 Å². The third kappa shape index (κ3) is 8.86. The molecule has 96 valence electrons. The van der Waals surface area contributed by atoms with Crippen LogP contribution < -0.4 is 0 Å². The third-order valence-corrected chi connectivity index (χ3v) is 2.23. The van der Waals surface area contributed by atoms with Crippen molar-refractivity contribution in [3.05, 3.63) is 35.4 Å². The van der Waals surface area contributed by atoms with E-state index in [1.54, 1.807) is 12.1 Å². The van der Waals surface area contributed by atoms with Crippen molar-refractivity contribution >= 4 is 16.8 Å². The van der Waals surface area contributed by atoms with Gasteiger partial charge in [-0.2, -0.15) is 0 Å². The molecule has 17 heavy (non-hydrogen) atoms. The number of rotatable bonds is 3. The molecule has 1 aromatic rings. The van der Waals surface area contributed by atoms with Crippen molar-refractivity contribution in [1.29, 1.82) is 0 Å². The second-order valence-electron chi connectivity index (χ2n) is 4.88. The molecule has 1 N–H and O–H groups in total. The number of hydrogen-bond acceptors (Lipinski definition) is 2. The minimum absolute atomic E-state index is 0.281. The molecule has 0 heterocycles. The van der Waals surface area contributed by atoms with Crippen LogP contribution in [0.15, 0.2) is 24.3 Å². The van der Waals surface area contributed by atoms with Gasteiger partial charge in [-0.1, -0.05) is 23.8 Å². The van der Waals surface area contributed by atoms with E-state index in [1.165, 1.54) is 0 Å². The molecule has 1 aromatic carbocycles. The predicted octanol–water partition coefficient (Wildman–Crippen LogP) is 2.06. The summed E-state index contributed by atoms with van der Waals surface area (Å²) in [4.78, 5) is 10.6. The summed E-state index contributed by atoms with van der Waals surface area (Å²) in [5.41, 5.74) is 1.60. The standard InChI is InChI=1S/C8H7ClO.C5H14NO/c1-6-3-2-4-7(5-6)8(9)10;1-6(2,3)4-5-7/h2-5H,1H3;7H,4-5H2,1-3H3/q;+1. The zero-order chi connectivity index (χ0) is 13.5. The summed E-state index contributed by atoms with van der Waals surface area (Å²) in [6.07, 6.45) is 0. The van der Waals surface area contributed by atoms with Gasteiger partial charge in [0.2, 0.25) is 0 Å². The molecule has 0 aliphatic carbocycles. The van der Waals surface area contributed by atoms with Gasteiger partial charge in [0, 0.05) is 5.56 Å². The van der Waals surface area contributed by atoms with Crippen LogP contribution >= 0.6 is 11.6 Å². The summed E-state index contributed by atoms with van der Waals surface area (Å²) in [5, 5.41) is 7.99. The van der Waals surface area contributed by atoms with Crippen LogP contribution in [0.2, 0.25) is 0 Å². The Morgan fingerprint density at radius 2 is 1.94 bits per heavy atom. The highest BCUT2D eigenvalue weighted by Crippen LogP contribution is 2.05. The maximum Gasteiger partial charge on any atom is 0.252 e. The third-order valence-electron chi connectivity index (χ3n) is 2.02. The quantitative estimate of drug-likeness (QED) is 0.666. The monoisotopic (exact) mass is 258 g/mol. The summed E-state index contributed by atoms with van der Waals surface area (Å²) in [6.45, 7) is 3.03. The smallest absolute Gasteiger partial charge is 0.252 e. The molecule has 0 saturated carbocycles. The molecule has 0 aliphatic heterocycles. The van der Waals surface area contributed by atoms with Gasteiger partial charge in [-0.3, -0.25) is 4.79 Å². The van der Waals surface area contributed by atoms with E-state index in [0.29, 0.717) is 5.56 Å². The number of hydrogen-bond donors (Lipinski definition) is 1. The molecule has 0 fully saturated rings. The summed E-state index contributed by atoms with van der Waals surface area (Å²) >= 11 is 5.24. The van der Waals surface area contributed by atoms with E-state index in [4.69, 9.17) is 16.7 Å². The highest BCUT2D eigenvalue weighted by molar-refractivity contribution is 6.67. The molecule has 0 amide bonds. The molecule has 0 saturated heterocycles. The number of nitrogens with zero attached hydrogens (tertiary/aromatic N) is 1. The van der Waals surface area contributed by atoms with Gasteiger partial charge in [-0.15, -0.1) is 0 Å². The van der Waals surface area contributed by atoms with Gasteiger partial charge in [0.05, 0.1) is 27.7 Å². The Bertz CT molecular complexity index is 359. The van der Waals surface area contributed by atoms with Crippen LogP contribution in [0.4, 0.5) is 0 Å². The van der Waals surface area contributed by atoms with Crippen LogP contribution in [0.5, 0.6) is 0 Å². The number of halogens is 1. The Kier molecular flexibility index (Phi) is 7.04. The lowest BCUT2D eigenvalue weighted by atomic mass is 10.2. The first-order valence-electron chi connectivity index (χ1n) is 5.44. The van der Waals surface area contributed by atoms with Crippen LogP contribution in [-0.4, -0.2) is 49.1 Å². The molecule has 0 aromatic heterocycles. The lowest BCUT2D eigenvalue weighted by Gasteiger charge is -2.21. The van der Waals surface area contributed by atoms with Crippen LogP contribution in [0, 0.1) is 6.92 Å². The molecule has 0 aliphatic rings. The number of aliphatic hydroxyl groups is 1. The number of likely N-dealkylation sites (N-methyl/N-ethyl adjacent to an activating group) is 1. The summed E-state index contributed by atoms with van der Waals surface area (Å²) in [7, 11) is 6.16. The molecule has 4 heteroatoms. The Morgan fingerprint density at radius 1 is 1.35 bits per heavy atom. The minimum atomic E-state index is -0.399. The van der Waals surface area contributed by atoms with E-state index < -0.39 is 5.24 Å². The first-order valence-corrected chi connectivity index (χ1v) is 5.82. The van der Waals surface area contributed by atoms with E-state index in [1.807, 2.05) is 19.1 Å². The molecule has 1 rings (SSSR count). The van der Waals surface area contributed by atoms with Gasteiger partial charge < -0.3 is 9.59 Å². The van der Waals surface area contributed by atoms with Crippen LogP contribution in [0.25, 0.3) is 0 Å². The van der Waals surface area contributed by atoms with Gasteiger partial charge in [-0.05, 0) is 24.6 Å². The lowest BCUT2D eigenvalue weighted by molar-refractivity contribution is -0.870. The maximum atomic E-state index is 10.6. The number of aliphatic hydroxyl groups excluding tert-OH is 1. The maximum absolute atomic E-state index is 10.6. The number of carbonyl (C=O) groups excluding carboxylic acids is 1. The van der Waals surface area contributed by atoms with Crippen LogP contribution in [-0.2, 0) is 0 Å². The van der Waals surface area contributed by atoms with E-state index in [9.17, 15) is 4.79 Å². The molecule has 3 nitrogen and oxygen atoms in total. The van der Waals surface area contributed by atoms with Gasteiger partial charge in [0.25, 0.3) is 5.24 Å². The summed E-state index contributed by atoms with van der Waals surface area (Å²) < 4.78 is 0.844. The topological polar surface area (TPSA) is 37.3 Å². The average Bonchev–Trinajstić information content (AvgIpc) is 2.16. The normalized spacial score (nSPS) is 10.5. The van der Waals surface area contributed by atoms with E-state index in [2.05, 4.69) is 21.1 Å². The molecule has 0 spiro atoms. The molecule has 0 radical (unpaired) electrons. The Hall–Kier alpha value is -0.900. The van der Waals surface area contributed by atoms with E-state index in [-0.39, 0.29) is 6.61 Å². The van der Waals surface area contributed by atoms with Gasteiger partial charge in [0.15, 0.2) is 0 Å². The Morgan fingerprint density at radius 3 is 2.18 bits per heavy atom. The number of aryl methyl sites for hydroxylation is 1. The summed E-state index contributed by atoms with van der Waals surface area (Å²) in [5.74, 6) is 0. The Labute approximate surface area is 108 Å². The van der Waals surface area contributed by atoms with Crippen LogP contribution in [0.3, 0.4) is 0 Å². The SMILES string of the molecule is C[N+](C)(C)CCO.Cc1cccc(C(=O)Cl)c1. The first kappa shape index (κ1) is 16.1. The molecule has 0 atom stereocenters. The highest BCUT2D eigenvalue weighted by Gasteiger charge is 2.02. The van der Waals surface area contributed by atoms with E-state index >= 15 is 0 Å². The van der Waals surface area contributed by atoms with Gasteiger partial charge in [0.1, 0.15) is 6.54 Å². The van der Waals surface area contributed by atoms with Crippen molar-refractivity contribution in [3.63, 3.8) is 0 Å². The molecular weight excluding hydrogens is 238 g/mol. The fraction of sp³-hybridized carbons (Fsp3) is 0.462. The largest absolute Gasteiger partial charge is 0.391 e. The zero-order valence-electron chi connectivity index (χ0n) is 10.9. The highest BCUT2D eigenvalue weighted by atomic mass is 35.5. The average molecular weight is 259 g/mol. The van der Waals surface area contributed by atoms with Crippen molar-refractivity contribution in [2.45, 2.75) is 6.92 Å². The molecule has 0 bridgehead atoms. The van der Waals surface area contributed by atoms with E-state index in [0.717, 1.165) is 16.6 Å². The lowest BCUT2D eigenvalue weighted by Crippen LogP contribution is -2.36. The minimum Gasteiger partial charge on any atom is -0.391 e. The van der Waals surface area contributed by atoms with Crippen molar-refractivity contribution in [1.82, 2.24) is 0 Å². The van der Waals surface area contributed by atoms with Crippen molar-refractivity contribution in [3.8, 4) is 0 Å². The Balaban J connectivity index is 0.000000325. The van der Waals surface area contributed by atoms with Gasteiger partial charge in [-0.25, -0.2) is 0 Å². The second-order valence-corrected chi connectivity index (χ2v) is 5.22. The fourth-order valence-corrected chi connectivity index (χ4v) is 1.18. The second kappa shape index (κ2) is 7.43. The first-order chi connectivity index (χ1) is 7.76. The number of carbonyl (C=O) groups is 1. The fourth-order valence-electron chi connectivity index (χ4n) is 1.07. The number of benzene rings is 1. The molecule has 0 unspecified atom stereocenters. The summed E-state index contributed by atoms with van der Waals surface area (Å²) in [6, 6.07) is 7.19. The number of quaternary nitrogens is 1. The van der Waals surface area contributed by atoms with Crippen molar-refractivity contribution in [2.24, 2.45) is 0 Å². The zero-order valence-corrected chi connectivity index (χ0v) is 11.7. The predicted molar refractivity (Wildman–Crippen MR) is 71.3 cm³/mol. The van der Waals surface area contributed by atoms with Gasteiger partial charge >= 0.3 is 0 Å².